The molecule has 2 heterocycles. The fourth-order valence-electron chi connectivity index (χ4n) is 3.08. The third-order valence-electron chi connectivity index (χ3n) is 4.30. The predicted octanol–water partition coefficient (Wildman–Crippen LogP) is 1.66. The lowest BCUT2D eigenvalue weighted by Gasteiger charge is -2.36. The van der Waals surface area contributed by atoms with Crippen LogP contribution in [0.15, 0.2) is 36.4 Å². The van der Waals surface area contributed by atoms with Crippen molar-refractivity contribution in [2.75, 3.05) is 44.2 Å². The van der Waals surface area contributed by atoms with E-state index in [1.165, 1.54) is 0 Å². The minimum Gasteiger partial charge on any atom is -0.491 e. The Hall–Kier alpha value is -2.18. The number of ether oxygens (including phenoxy) is 1. The number of β-amino-alcohol motifs (C(OH)–C–C–N with tert-alkyl or cyclic N) is 1. The number of anilines is 1. The molecule has 1 aromatic heterocycles. The first-order valence-electron chi connectivity index (χ1n) is 8.75. The summed E-state index contributed by atoms with van der Waals surface area (Å²) in [7, 11) is 0. The molecule has 0 spiro atoms. The van der Waals surface area contributed by atoms with E-state index in [4.69, 9.17) is 4.74 Å². The number of aliphatic hydroxyl groups excluding tert-OH is 1. The summed E-state index contributed by atoms with van der Waals surface area (Å²) in [6.07, 6.45) is -0.490. The van der Waals surface area contributed by atoms with Gasteiger partial charge in [0, 0.05) is 44.5 Å². The van der Waals surface area contributed by atoms with Crippen molar-refractivity contribution < 1.29 is 9.84 Å². The van der Waals surface area contributed by atoms with Gasteiger partial charge in [0.15, 0.2) is 0 Å². The second-order valence-corrected chi connectivity index (χ2v) is 6.48. The smallest absolute Gasteiger partial charge is 0.132 e. The summed E-state index contributed by atoms with van der Waals surface area (Å²) in [5, 5.41) is 10.2. The van der Waals surface area contributed by atoms with Crippen molar-refractivity contribution in [2.24, 2.45) is 0 Å². The van der Waals surface area contributed by atoms with Crippen molar-refractivity contribution >= 4 is 5.82 Å². The number of rotatable bonds is 6. The van der Waals surface area contributed by atoms with Gasteiger partial charge in [-0.2, -0.15) is 0 Å². The molecule has 0 saturated carbocycles. The summed E-state index contributed by atoms with van der Waals surface area (Å²) >= 11 is 0. The minimum absolute atomic E-state index is 0.314. The highest BCUT2D eigenvalue weighted by molar-refractivity contribution is 5.40. The molecule has 6 nitrogen and oxygen atoms in total. The minimum atomic E-state index is -0.490. The molecule has 1 aromatic carbocycles. The van der Waals surface area contributed by atoms with Crippen molar-refractivity contribution in [3.63, 3.8) is 0 Å². The number of aromatic nitrogens is 2. The molecule has 1 unspecified atom stereocenters. The number of benzene rings is 1. The van der Waals surface area contributed by atoms with Crippen LogP contribution in [0.3, 0.4) is 0 Å². The monoisotopic (exact) mass is 342 g/mol. The summed E-state index contributed by atoms with van der Waals surface area (Å²) in [5.41, 5.74) is 0.999. The third-order valence-corrected chi connectivity index (χ3v) is 4.30. The largest absolute Gasteiger partial charge is 0.491 e. The Morgan fingerprint density at radius 1 is 1.08 bits per heavy atom. The number of para-hydroxylation sites is 1. The Bertz CT molecular complexity index is 652. The maximum absolute atomic E-state index is 10.2. The molecule has 1 aliphatic rings. The van der Waals surface area contributed by atoms with Gasteiger partial charge in [-0.25, -0.2) is 9.97 Å². The summed E-state index contributed by atoms with van der Waals surface area (Å²) in [6, 6.07) is 11.6. The molecule has 2 aromatic rings. The van der Waals surface area contributed by atoms with E-state index in [9.17, 15) is 5.11 Å². The highest BCUT2D eigenvalue weighted by atomic mass is 16.5. The van der Waals surface area contributed by atoms with E-state index in [1.54, 1.807) is 0 Å². The Morgan fingerprint density at radius 2 is 1.80 bits per heavy atom. The van der Waals surface area contributed by atoms with Gasteiger partial charge in [-0.3, -0.25) is 4.90 Å². The van der Waals surface area contributed by atoms with Gasteiger partial charge in [-0.05, 0) is 26.0 Å². The van der Waals surface area contributed by atoms with E-state index >= 15 is 0 Å². The Balaban J connectivity index is 1.44. The Morgan fingerprint density at radius 3 is 2.48 bits per heavy atom. The van der Waals surface area contributed by atoms with Crippen LogP contribution in [-0.2, 0) is 0 Å². The van der Waals surface area contributed by atoms with Gasteiger partial charge in [-0.1, -0.05) is 18.2 Å². The van der Waals surface area contributed by atoms with Gasteiger partial charge >= 0.3 is 0 Å². The first kappa shape index (κ1) is 17.6. The van der Waals surface area contributed by atoms with Crippen LogP contribution in [0, 0.1) is 13.8 Å². The first-order valence-corrected chi connectivity index (χ1v) is 8.75. The van der Waals surface area contributed by atoms with E-state index in [2.05, 4.69) is 19.8 Å². The normalized spacial score (nSPS) is 16.7. The molecule has 1 atom stereocenters. The van der Waals surface area contributed by atoms with Crippen LogP contribution >= 0.6 is 0 Å². The van der Waals surface area contributed by atoms with Crippen LogP contribution in [0.2, 0.25) is 0 Å². The average Bonchev–Trinajstić information content (AvgIpc) is 2.61. The topological polar surface area (TPSA) is 61.7 Å². The maximum atomic E-state index is 10.2. The maximum Gasteiger partial charge on any atom is 0.132 e. The number of hydrogen-bond donors (Lipinski definition) is 1. The Labute approximate surface area is 149 Å². The van der Waals surface area contributed by atoms with Crippen LogP contribution in [0.25, 0.3) is 0 Å². The molecule has 134 valence electrons. The van der Waals surface area contributed by atoms with Crippen LogP contribution < -0.4 is 9.64 Å². The van der Waals surface area contributed by atoms with Crippen LogP contribution in [0.4, 0.5) is 5.82 Å². The molecular formula is C19H26N4O2. The first-order chi connectivity index (χ1) is 12.1. The van der Waals surface area contributed by atoms with E-state index in [-0.39, 0.29) is 0 Å². The van der Waals surface area contributed by atoms with Gasteiger partial charge in [0.25, 0.3) is 0 Å². The summed E-state index contributed by atoms with van der Waals surface area (Å²) in [5.74, 6) is 2.60. The van der Waals surface area contributed by atoms with Crippen molar-refractivity contribution in [3.8, 4) is 5.75 Å². The van der Waals surface area contributed by atoms with Crippen LogP contribution in [0.5, 0.6) is 5.75 Å². The molecule has 1 N–H and O–H groups in total. The van der Waals surface area contributed by atoms with Gasteiger partial charge in [-0.15, -0.1) is 0 Å². The molecule has 0 amide bonds. The lowest BCUT2D eigenvalue weighted by Crippen LogP contribution is -2.49. The van der Waals surface area contributed by atoms with Crippen LogP contribution in [-0.4, -0.2) is 65.4 Å². The zero-order valence-corrected chi connectivity index (χ0v) is 14.9. The van der Waals surface area contributed by atoms with E-state index in [0.29, 0.717) is 13.2 Å². The second-order valence-electron chi connectivity index (χ2n) is 6.48. The quantitative estimate of drug-likeness (QED) is 0.861. The number of piperazine rings is 1. The zero-order chi connectivity index (χ0) is 17.6. The van der Waals surface area contributed by atoms with Crippen molar-refractivity contribution in [3.05, 3.63) is 47.9 Å². The summed E-state index contributed by atoms with van der Waals surface area (Å²) < 4.78 is 5.62. The fourth-order valence-corrected chi connectivity index (χ4v) is 3.08. The van der Waals surface area contributed by atoms with Crippen LogP contribution in [0.1, 0.15) is 11.5 Å². The summed E-state index contributed by atoms with van der Waals surface area (Å²) in [6.45, 7) is 8.49. The van der Waals surface area contributed by atoms with E-state index < -0.39 is 6.10 Å². The van der Waals surface area contributed by atoms with Crippen molar-refractivity contribution in [1.29, 1.82) is 0 Å². The van der Waals surface area contributed by atoms with Crippen molar-refractivity contribution in [1.82, 2.24) is 14.9 Å². The molecule has 25 heavy (non-hydrogen) atoms. The number of aliphatic hydroxyl groups is 1. The molecule has 6 heteroatoms. The lowest BCUT2D eigenvalue weighted by atomic mass is 10.2. The second kappa shape index (κ2) is 8.27. The molecule has 1 saturated heterocycles. The lowest BCUT2D eigenvalue weighted by molar-refractivity contribution is 0.0662. The SMILES string of the molecule is Cc1cc(N2CCN(CC(O)COc3ccccc3)CC2)nc(C)n1. The fraction of sp³-hybridized carbons (Fsp3) is 0.474. The van der Waals surface area contributed by atoms with Gasteiger partial charge in [0.1, 0.15) is 30.1 Å². The Kier molecular flexibility index (Phi) is 5.83. The standard InChI is InChI=1S/C19H26N4O2/c1-15-12-19(21-16(2)20-15)23-10-8-22(9-11-23)13-17(24)14-25-18-6-4-3-5-7-18/h3-7,12,17,24H,8-11,13-14H2,1-2H3. The number of hydrogen-bond acceptors (Lipinski definition) is 6. The average molecular weight is 342 g/mol. The highest BCUT2D eigenvalue weighted by Crippen LogP contribution is 2.15. The predicted molar refractivity (Wildman–Crippen MR) is 98.1 cm³/mol. The number of aryl methyl sites for hydroxylation is 2. The molecule has 1 fully saturated rings. The van der Waals surface area contributed by atoms with E-state index in [0.717, 1.165) is 49.3 Å². The third kappa shape index (κ3) is 5.14. The zero-order valence-electron chi connectivity index (χ0n) is 14.9. The molecule has 0 aliphatic carbocycles. The van der Waals surface area contributed by atoms with Gasteiger partial charge < -0.3 is 14.7 Å². The summed E-state index contributed by atoms with van der Waals surface area (Å²) in [4.78, 5) is 13.4. The van der Waals surface area contributed by atoms with Gasteiger partial charge in [0.2, 0.25) is 0 Å². The number of nitrogens with zero attached hydrogens (tertiary/aromatic N) is 4. The molecule has 1 aliphatic heterocycles. The molecule has 0 bridgehead atoms. The molecule has 0 radical (unpaired) electrons. The molecular weight excluding hydrogens is 316 g/mol. The highest BCUT2D eigenvalue weighted by Gasteiger charge is 2.20. The van der Waals surface area contributed by atoms with Gasteiger partial charge in [0.05, 0.1) is 0 Å². The molecule has 3 rings (SSSR count). The van der Waals surface area contributed by atoms with Crippen molar-refractivity contribution in [2.45, 2.75) is 20.0 Å². The van der Waals surface area contributed by atoms with E-state index in [1.807, 2.05) is 50.2 Å².